The Bertz CT molecular complexity index is 575. The third kappa shape index (κ3) is 2.63. The molecule has 0 aliphatic heterocycles. The summed E-state index contributed by atoms with van der Waals surface area (Å²) in [4.78, 5) is 0. The molecule has 0 bridgehead atoms. The molecule has 1 aromatic heterocycles. The number of nitrogens with one attached hydrogen (secondary N) is 1. The number of aryl methyl sites for hydroxylation is 3. The summed E-state index contributed by atoms with van der Waals surface area (Å²) in [6.07, 6.45) is 3.94. The van der Waals surface area contributed by atoms with E-state index < -0.39 is 0 Å². The molecule has 4 heteroatoms. The first-order chi connectivity index (χ1) is 9.06. The van der Waals surface area contributed by atoms with Crippen LogP contribution < -0.4 is 10.1 Å². The lowest BCUT2D eigenvalue weighted by Gasteiger charge is -2.19. The molecule has 2 aromatic rings. The average Bonchev–Trinajstić information content (AvgIpc) is 2.80. The van der Waals surface area contributed by atoms with Gasteiger partial charge in [0, 0.05) is 18.8 Å². The molecule has 1 aromatic carbocycles. The summed E-state index contributed by atoms with van der Waals surface area (Å²) < 4.78 is 7.19. The van der Waals surface area contributed by atoms with Gasteiger partial charge in [0.1, 0.15) is 5.75 Å². The van der Waals surface area contributed by atoms with Gasteiger partial charge in [0.05, 0.1) is 19.3 Å². The topological polar surface area (TPSA) is 39.1 Å². The van der Waals surface area contributed by atoms with Gasteiger partial charge in [0.25, 0.3) is 0 Å². The predicted octanol–water partition coefficient (Wildman–Crippen LogP) is 2.35. The van der Waals surface area contributed by atoms with Gasteiger partial charge in [-0.05, 0) is 43.7 Å². The molecular weight excluding hydrogens is 238 g/mol. The normalized spacial score (nSPS) is 12.5. The highest BCUT2D eigenvalue weighted by Gasteiger charge is 2.17. The van der Waals surface area contributed by atoms with Crippen LogP contribution in [0.25, 0.3) is 0 Å². The molecule has 0 spiro atoms. The average molecular weight is 259 g/mol. The Hall–Kier alpha value is -1.81. The Kier molecular flexibility index (Phi) is 3.90. The molecule has 1 unspecified atom stereocenters. The van der Waals surface area contributed by atoms with Crippen LogP contribution in [0.1, 0.15) is 28.3 Å². The maximum atomic E-state index is 5.37. The molecule has 0 aliphatic carbocycles. The summed E-state index contributed by atoms with van der Waals surface area (Å²) in [5.41, 5.74) is 4.78. The van der Waals surface area contributed by atoms with Gasteiger partial charge in [-0.1, -0.05) is 6.07 Å². The van der Waals surface area contributed by atoms with E-state index in [1.807, 2.05) is 31.2 Å². The number of benzene rings is 1. The van der Waals surface area contributed by atoms with Crippen LogP contribution in [0.15, 0.2) is 24.5 Å². The van der Waals surface area contributed by atoms with Crippen molar-refractivity contribution >= 4 is 0 Å². The summed E-state index contributed by atoms with van der Waals surface area (Å²) in [6.45, 7) is 4.18. The van der Waals surface area contributed by atoms with Gasteiger partial charge in [-0.3, -0.25) is 4.68 Å². The summed E-state index contributed by atoms with van der Waals surface area (Å²) >= 11 is 0. The molecule has 1 N–H and O–H groups in total. The van der Waals surface area contributed by atoms with E-state index in [4.69, 9.17) is 4.74 Å². The molecule has 0 saturated carbocycles. The van der Waals surface area contributed by atoms with Crippen molar-refractivity contribution in [2.24, 2.45) is 7.05 Å². The molecule has 0 fully saturated rings. The van der Waals surface area contributed by atoms with Crippen LogP contribution in [-0.2, 0) is 7.05 Å². The third-order valence-electron chi connectivity index (χ3n) is 3.44. The molecule has 0 radical (unpaired) electrons. The molecule has 1 heterocycles. The predicted molar refractivity (Wildman–Crippen MR) is 76.6 cm³/mol. The van der Waals surface area contributed by atoms with Crippen molar-refractivity contribution in [3.05, 3.63) is 46.8 Å². The Morgan fingerprint density at radius 1 is 1.26 bits per heavy atom. The fraction of sp³-hybridized carbons (Fsp3) is 0.400. The number of hydrogen-bond acceptors (Lipinski definition) is 3. The smallest absolute Gasteiger partial charge is 0.122 e. The number of aromatic nitrogens is 2. The molecule has 1 atom stereocenters. The van der Waals surface area contributed by atoms with Gasteiger partial charge in [0.2, 0.25) is 0 Å². The first-order valence-corrected chi connectivity index (χ1v) is 6.37. The van der Waals surface area contributed by atoms with Gasteiger partial charge < -0.3 is 10.1 Å². The number of methoxy groups -OCH3 is 1. The zero-order valence-corrected chi connectivity index (χ0v) is 12.2. The second kappa shape index (κ2) is 5.45. The Labute approximate surface area is 114 Å². The fourth-order valence-corrected chi connectivity index (χ4v) is 2.43. The van der Waals surface area contributed by atoms with Crippen LogP contribution in [0.3, 0.4) is 0 Å². The van der Waals surface area contributed by atoms with Crippen LogP contribution in [0.4, 0.5) is 0 Å². The molecule has 2 rings (SSSR count). The van der Waals surface area contributed by atoms with Gasteiger partial charge in [-0.2, -0.15) is 5.10 Å². The van der Waals surface area contributed by atoms with Crippen molar-refractivity contribution in [1.29, 1.82) is 0 Å². The van der Waals surface area contributed by atoms with E-state index in [1.54, 1.807) is 7.11 Å². The highest BCUT2D eigenvalue weighted by atomic mass is 16.5. The van der Waals surface area contributed by atoms with E-state index in [2.05, 4.69) is 36.4 Å². The summed E-state index contributed by atoms with van der Waals surface area (Å²) in [7, 11) is 5.61. The highest BCUT2D eigenvalue weighted by molar-refractivity contribution is 5.45. The van der Waals surface area contributed by atoms with Gasteiger partial charge in [-0.15, -0.1) is 0 Å². The van der Waals surface area contributed by atoms with E-state index in [0.717, 1.165) is 16.9 Å². The number of rotatable bonds is 4. The van der Waals surface area contributed by atoms with Crippen molar-refractivity contribution < 1.29 is 4.74 Å². The summed E-state index contributed by atoms with van der Waals surface area (Å²) in [5.74, 6) is 0.933. The van der Waals surface area contributed by atoms with E-state index in [0.29, 0.717) is 0 Å². The number of hydrogen-bond donors (Lipinski definition) is 1. The van der Waals surface area contributed by atoms with Crippen LogP contribution in [0.5, 0.6) is 5.75 Å². The lowest BCUT2D eigenvalue weighted by Crippen LogP contribution is -2.18. The molecule has 0 aliphatic rings. The van der Waals surface area contributed by atoms with E-state index >= 15 is 0 Å². The molecular formula is C15H21N3O. The first-order valence-electron chi connectivity index (χ1n) is 6.37. The van der Waals surface area contributed by atoms with E-state index in [-0.39, 0.29) is 6.04 Å². The molecule has 19 heavy (non-hydrogen) atoms. The zero-order chi connectivity index (χ0) is 14.0. The third-order valence-corrected chi connectivity index (χ3v) is 3.44. The Morgan fingerprint density at radius 2 is 2.00 bits per heavy atom. The van der Waals surface area contributed by atoms with Gasteiger partial charge in [0.15, 0.2) is 0 Å². The Balaban J connectivity index is 2.47. The van der Waals surface area contributed by atoms with Crippen molar-refractivity contribution in [2.75, 3.05) is 14.2 Å². The second-order valence-electron chi connectivity index (χ2n) is 4.85. The quantitative estimate of drug-likeness (QED) is 0.916. The SMILES string of the molecule is CNC(c1cnn(C)c1)c1cc(C)c(OC)cc1C. The molecule has 0 amide bonds. The standard InChI is InChI=1S/C15H21N3O/c1-10-7-14(19-5)11(2)6-13(10)15(16-3)12-8-17-18(4)9-12/h6-9,15-16H,1-5H3. The summed E-state index contributed by atoms with van der Waals surface area (Å²) in [5, 5.41) is 7.61. The van der Waals surface area contributed by atoms with Gasteiger partial charge in [-0.25, -0.2) is 0 Å². The largest absolute Gasteiger partial charge is 0.496 e. The van der Waals surface area contributed by atoms with Crippen molar-refractivity contribution in [1.82, 2.24) is 15.1 Å². The minimum atomic E-state index is 0.151. The second-order valence-corrected chi connectivity index (χ2v) is 4.85. The van der Waals surface area contributed by atoms with E-state index in [1.165, 1.54) is 11.1 Å². The minimum absolute atomic E-state index is 0.151. The lowest BCUT2D eigenvalue weighted by atomic mass is 9.95. The van der Waals surface area contributed by atoms with Crippen molar-refractivity contribution in [2.45, 2.75) is 19.9 Å². The van der Waals surface area contributed by atoms with E-state index in [9.17, 15) is 0 Å². The molecule has 102 valence electrons. The van der Waals surface area contributed by atoms with Crippen molar-refractivity contribution in [3.8, 4) is 5.75 Å². The van der Waals surface area contributed by atoms with Crippen LogP contribution in [0, 0.1) is 13.8 Å². The fourth-order valence-electron chi connectivity index (χ4n) is 2.43. The van der Waals surface area contributed by atoms with Crippen molar-refractivity contribution in [3.63, 3.8) is 0 Å². The molecule has 4 nitrogen and oxygen atoms in total. The summed E-state index contributed by atoms with van der Waals surface area (Å²) in [6, 6.07) is 4.42. The highest BCUT2D eigenvalue weighted by Crippen LogP contribution is 2.29. The monoisotopic (exact) mass is 259 g/mol. The van der Waals surface area contributed by atoms with Crippen LogP contribution in [-0.4, -0.2) is 23.9 Å². The maximum Gasteiger partial charge on any atom is 0.122 e. The Morgan fingerprint density at radius 3 is 2.53 bits per heavy atom. The minimum Gasteiger partial charge on any atom is -0.496 e. The zero-order valence-electron chi connectivity index (χ0n) is 12.2. The lowest BCUT2D eigenvalue weighted by molar-refractivity contribution is 0.411. The number of ether oxygens (including phenoxy) is 1. The maximum absolute atomic E-state index is 5.37. The van der Waals surface area contributed by atoms with Gasteiger partial charge >= 0.3 is 0 Å². The van der Waals surface area contributed by atoms with Crippen LogP contribution in [0.2, 0.25) is 0 Å². The first kappa shape index (κ1) is 13.6. The number of nitrogens with zero attached hydrogens (tertiary/aromatic N) is 2. The van der Waals surface area contributed by atoms with Crippen LogP contribution >= 0.6 is 0 Å². The molecule has 0 saturated heterocycles.